The van der Waals surface area contributed by atoms with Crippen LogP contribution in [0.15, 0.2) is 33.9 Å². The van der Waals surface area contributed by atoms with Gasteiger partial charge in [-0.05, 0) is 62.3 Å². The molecular weight excluding hydrogens is 438 g/mol. The zero-order valence-corrected chi connectivity index (χ0v) is 18.8. The summed E-state index contributed by atoms with van der Waals surface area (Å²) < 4.78 is 6.89. The van der Waals surface area contributed by atoms with Crippen molar-refractivity contribution >= 4 is 50.7 Å². The lowest BCUT2D eigenvalue weighted by Crippen LogP contribution is -2.60. The number of fused-ring (bicyclic) bond motifs is 1. The predicted molar refractivity (Wildman–Crippen MR) is 120 cm³/mol. The van der Waals surface area contributed by atoms with E-state index in [1.54, 1.807) is 0 Å². The highest BCUT2D eigenvalue weighted by Gasteiger charge is 2.51. The molecule has 4 fully saturated rings. The van der Waals surface area contributed by atoms with Crippen LogP contribution in [0.4, 0.5) is 0 Å². The molecule has 0 radical (unpaired) electrons. The molecule has 30 heavy (non-hydrogen) atoms. The van der Waals surface area contributed by atoms with Crippen LogP contribution in [-0.2, 0) is 4.79 Å². The molecule has 1 amide bonds. The van der Waals surface area contributed by atoms with Gasteiger partial charge in [-0.15, -0.1) is 21.5 Å². The van der Waals surface area contributed by atoms with Crippen LogP contribution >= 0.6 is 34.7 Å². The van der Waals surface area contributed by atoms with Gasteiger partial charge in [-0.3, -0.25) is 4.79 Å². The zero-order chi connectivity index (χ0) is 20.3. The Morgan fingerprint density at radius 1 is 1.17 bits per heavy atom. The van der Waals surface area contributed by atoms with Crippen LogP contribution < -0.4 is 5.32 Å². The SMILES string of the molecule is O=C(CSc1nnc(-c2sc3ccccc3c2Cl)o1)NC12CC3CC(CC(C3)C1)C2. The highest BCUT2D eigenvalue weighted by atomic mass is 35.5. The molecule has 5 nitrogen and oxygen atoms in total. The molecule has 8 heteroatoms. The minimum atomic E-state index is 0.0387. The molecule has 0 spiro atoms. The third-order valence-electron chi connectivity index (χ3n) is 6.91. The lowest BCUT2D eigenvalue weighted by molar-refractivity contribution is -0.124. The predicted octanol–water partition coefficient (Wildman–Crippen LogP) is 5.78. The lowest BCUT2D eigenvalue weighted by atomic mass is 9.53. The number of rotatable bonds is 5. The van der Waals surface area contributed by atoms with Gasteiger partial charge in [0.25, 0.3) is 11.1 Å². The summed E-state index contributed by atoms with van der Waals surface area (Å²) in [5.41, 5.74) is 0.0387. The number of hydrogen-bond acceptors (Lipinski definition) is 6. The molecule has 0 atom stereocenters. The van der Waals surface area contributed by atoms with Crippen molar-refractivity contribution in [3.05, 3.63) is 29.3 Å². The number of nitrogens with one attached hydrogen (secondary N) is 1. The molecule has 1 N–H and O–H groups in total. The minimum absolute atomic E-state index is 0.0387. The van der Waals surface area contributed by atoms with E-state index in [1.807, 2.05) is 24.3 Å². The Balaban J connectivity index is 1.12. The first-order chi connectivity index (χ1) is 14.6. The summed E-state index contributed by atoms with van der Waals surface area (Å²) in [5.74, 6) is 3.21. The molecule has 4 aliphatic rings. The molecule has 4 bridgehead atoms. The highest BCUT2D eigenvalue weighted by Crippen LogP contribution is 2.55. The fourth-order valence-corrected chi connectivity index (χ4v) is 8.23. The summed E-state index contributed by atoms with van der Waals surface area (Å²) in [5, 5.41) is 13.7. The van der Waals surface area contributed by atoms with Gasteiger partial charge in [-0.1, -0.05) is 41.6 Å². The van der Waals surface area contributed by atoms with E-state index in [1.165, 1.54) is 42.4 Å². The molecule has 0 saturated heterocycles. The van der Waals surface area contributed by atoms with E-state index < -0.39 is 0 Å². The van der Waals surface area contributed by atoms with Gasteiger partial charge in [0.15, 0.2) is 0 Å². The fourth-order valence-electron chi connectivity index (χ4n) is 6.23. The van der Waals surface area contributed by atoms with E-state index in [0.717, 1.165) is 52.0 Å². The Morgan fingerprint density at radius 3 is 2.57 bits per heavy atom. The molecule has 2 heterocycles. The number of thioether (sulfide) groups is 1. The van der Waals surface area contributed by atoms with Gasteiger partial charge in [0.05, 0.1) is 10.8 Å². The second-order valence-electron chi connectivity index (χ2n) is 9.15. The zero-order valence-electron chi connectivity index (χ0n) is 16.4. The van der Waals surface area contributed by atoms with Crippen LogP contribution in [0, 0.1) is 17.8 Å². The van der Waals surface area contributed by atoms with Crippen molar-refractivity contribution in [3.8, 4) is 10.8 Å². The third-order valence-corrected chi connectivity index (χ3v) is 9.39. The van der Waals surface area contributed by atoms with Gasteiger partial charge < -0.3 is 9.73 Å². The maximum atomic E-state index is 12.7. The first-order valence-electron chi connectivity index (χ1n) is 10.5. The molecule has 2 aromatic heterocycles. The van der Waals surface area contributed by atoms with Crippen molar-refractivity contribution in [2.75, 3.05) is 5.75 Å². The highest BCUT2D eigenvalue weighted by molar-refractivity contribution is 7.99. The molecule has 1 aromatic carbocycles. The van der Waals surface area contributed by atoms with Crippen LogP contribution in [0.5, 0.6) is 0 Å². The number of aromatic nitrogens is 2. The summed E-state index contributed by atoms with van der Waals surface area (Å²) in [6, 6.07) is 7.95. The molecule has 4 aliphatic carbocycles. The van der Waals surface area contributed by atoms with Crippen LogP contribution in [-0.4, -0.2) is 27.4 Å². The number of halogens is 1. The number of benzene rings is 1. The monoisotopic (exact) mass is 459 g/mol. The van der Waals surface area contributed by atoms with Crippen LogP contribution in [0.25, 0.3) is 20.9 Å². The number of thiophene rings is 1. The van der Waals surface area contributed by atoms with Gasteiger partial charge >= 0.3 is 0 Å². The summed E-state index contributed by atoms with van der Waals surface area (Å²) in [4.78, 5) is 13.5. The molecule has 0 unspecified atom stereocenters. The molecule has 3 aromatic rings. The summed E-state index contributed by atoms with van der Waals surface area (Å²) >= 11 is 9.34. The summed E-state index contributed by atoms with van der Waals surface area (Å²) in [6.45, 7) is 0. The maximum absolute atomic E-state index is 12.7. The van der Waals surface area contributed by atoms with E-state index in [0.29, 0.717) is 21.9 Å². The van der Waals surface area contributed by atoms with E-state index >= 15 is 0 Å². The van der Waals surface area contributed by atoms with E-state index in [2.05, 4.69) is 15.5 Å². The average Bonchev–Trinajstić information content (AvgIpc) is 3.30. The molecule has 4 saturated carbocycles. The fraction of sp³-hybridized carbons (Fsp3) is 0.500. The van der Waals surface area contributed by atoms with Crippen LogP contribution in [0.1, 0.15) is 38.5 Å². The smallest absolute Gasteiger partial charge is 0.277 e. The Hall–Kier alpha value is -1.57. The average molecular weight is 460 g/mol. The molecular formula is C22H22ClN3O2S2. The van der Waals surface area contributed by atoms with Crippen molar-refractivity contribution in [2.45, 2.75) is 49.3 Å². The van der Waals surface area contributed by atoms with Gasteiger partial charge in [0.2, 0.25) is 5.91 Å². The molecule has 156 valence electrons. The third kappa shape index (κ3) is 3.35. The Kier molecular flexibility index (Phi) is 4.62. The summed E-state index contributed by atoms with van der Waals surface area (Å²) in [6.07, 6.45) is 7.58. The lowest BCUT2D eigenvalue weighted by Gasteiger charge is -2.56. The second-order valence-corrected chi connectivity index (χ2v) is 11.5. The quantitative estimate of drug-likeness (QED) is 0.489. The van der Waals surface area contributed by atoms with E-state index in [-0.39, 0.29) is 11.4 Å². The van der Waals surface area contributed by atoms with E-state index in [9.17, 15) is 4.79 Å². The number of carbonyl (C=O) groups excluding carboxylic acids is 1. The normalized spacial score (nSPS) is 29.6. The van der Waals surface area contributed by atoms with Crippen molar-refractivity contribution in [1.82, 2.24) is 15.5 Å². The van der Waals surface area contributed by atoms with E-state index in [4.69, 9.17) is 16.0 Å². The van der Waals surface area contributed by atoms with Crippen LogP contribution in [0.3, 0.4) is 0 Å². The van der Waals surface area contributed by atoms with Crippen molar-refractivity contribution in [3.63, 3.8) is 0 Å². The van der Waals surface area contributed by atoms with Crippen molar-refractivity contribution < 1.29 is 9.21 Å². The van der Waals surface area contributed by atoms with Crippen molar-refractivity contribution in [2.24, 2.45) is 17.8 Å². The minimum Gasteiger partial charge on any atom is -0.410 e. The van der Waals surface area contributed by atoms with Gasteiger partial charge in [-0.25, -0.2) is 0 Å². The number of nitrogens with zero attached hydrogens (tertiary/aromatic N) is 2. The maximum Gasteiger partial charge on any atom is 0.277 e. The first kappa shape index (κ1) is 19.1. The first-order valence-corrected chi connectivity index (χ1v) is 12.7. The van der Waals surface area contributed by atoms with Crippen LogP contribution in [0.2, 0.25) is 5.02 Å². The topological polar surface area (TPSA) is 68.0 Å². The largest absolute Gasteiger partial charge is 0.410 e. The number of hydrogen-bond donors (Lipinski definition) is 1. The molecule has 0 aliphatic heterocycles. The van der Waals surface area contributed by atoms with Crippen molar-refractivity contribution in [1.29, 1.82) is 0 Å². The number of amides is 1. The Bertz CT molecular complexity index is 1090. The second kappa shape index (κ2) is 7.24. The number of carbonyl (C=O) groups is 1. The van der Waals surface area contributed by atoms with Gasteiger partial charge in [-0.2, -0.15) is 0 Å². The summed E-state index contributed by atoms with van der Waals surface area (Å²) in [7, 11) is 0. The Morgan fingerprint density at radius 2 is 1.87 bits per heavy atom. The Labute approximate surface area is 188 Å². The molecule has 7 rings (SSSR count). The van der Waals surface area contributed by atoms with Gasteiger partial charge in [0.1, 0.15) is 4.88 Å². The standard InChI is InChI=1S/C22H22ClN3O2S2/c23-18-15-3-1-2-4-16(15)30-19(18)20-25-26-21(28-20)29-11-17(27)24-22-8-12-5-13(9-22)7-14(6-12)10-22/h1-4,12-14H,5-11H2,(H,24,27). The van der Waals surface area contributed by atoms with Gasteiger partial charge in [0, 0.05) is 15.6 Å².